The van der Waals surface area contributed by atoms with Crippen molar-refractivity contribution in [2.75, 3.05) is 5.73 Å². The van der Waals surface area contributed by atoms with Gasteiger partial charge in [-0.05, 0) is 18.9 Å². The Hall–Kier alpha value is -0.760. The first-order valence-corrected chi connectivity index (χ1v) is 6.06. The number of halogens is 1. The van der Waals surface area contributed by atoms with Gasteiger partial charge in [0.05, 0.1) is 22.6 Å². The highest BCUT2D eigenvalue weighted by atomic mass is 35.5. The van der Waals surface area contributed by atoms with Gasteiger partial charge in [0.2, 0.25) is 0 Å². The standard InChI is InChI=1S/C12H17ClN2/c13-11-7-10(14)8-15-12(11)9-5-3-1-2-4-6-9/h7-9H,1-6,14H2. The molecule has 2 nitrogen and oxygen atoms in total. The van der Waals surface area contributed by atoms with E-state index < -0.39 is 0 Å². The molecule has 82 valence electrons. The number of pyridine rings is 1. The van der Waals surface area contributed by atoms with Gasteiger partial charge in [-0.25, -0.2) is 0 Å². The summed E-state index contributed by atoms with van der Waals surface area (Å²) in [5.74, 6) is 0.542. The number of aromatic nitrogens is 1. The summed E-state index contributed by atoms with van der Waals surface area (Å²) in [6, 6.07) is 1.81. The maximum absolute atomic E-state index is 6.17. The molecule has 1 aliphatic carbocycles. The molecule has 3 heteroatoms. The summed E-state index contributed by atoms with van der Waals surface area (Å²) in [5, 5.41) is 0.738. The molecule has 2 rings (SSSR count). The molecule has 0 bridgehead atoms. The molecule has 0 aromatic carbocycles. The normalized spacial score (nSPS) is 18.7. The average Bonchev–Trinajstić information content (AvgIpc) is 2.46. The number of rotatable bonds is 1. The van der Waals surface area contributed by atoms with Crippen molar-refractivity contribution in [2.45, 2.75) is 44.4 Å². The SMILES string of the molecule is Nc1cnc(C2CCCCCC2)c(Cl)c1. The van der Waals surface area contributed by atoms with Gasteiger partial charge < -0.3 is 5.73 Å². The van der Waals surface area contributed by atoms with Gasteiger partial charge in [0, 0.05) is 5.92 Å². The van der Waals surface area contributed by atoms with Crippen LogP contribution in [-0.2, 0) is 0 Å². The molecule has 0 spiro atoms. The van der Waals surface area contributed by atoms with E-state index >= 15 is 0 Å². The molecule has 1 saturated carbocycles. The lowest BCUT2D eigenvalue weighted by molar-refractivity contribution is 0.578. The fraction of sp³-hybridized carbons (Fsp3) is 0.583. The highest BCUT2D eigenvalue weighted by Crippen LogP contribution is 2.34. The summed E-state index contributed by atoms with van der Waals surface area (Å²) < 4.78 is 0. The van der Waals surface area contributed by atoms with Gasteiger partial charge in [-0.3, -0.25) is 4.98 Å². The third kappa shape index (κ3) is 2.63. The first-order chi connectivity index (χ1) is 7.27. The first kappa shape index (κ1) is 10.7. The van der Waals surface area contributed by atoms with Crippen LogP contribution in [0, 0.1) is 0 Å². The highest BCUT2D eigenvalue weighted by molar-refractivity contribution is 6.31. The Labute approximate surface area is 95.8 Å². The Kier molecular flexibility index (Phi) is 3.47. The van der Waals surface area contributed by atoms with Crippen LogP contribution in [0.3, 0.4) is 0 Å². The van der Waals surface area contributed by atoms with Crippen molar-refractivity contribution in [3.8, 4) is 0 Å². The monoisotopic (exact) mass is 224 g/mol. The molecule has 1 heterocycles. The van der Waals surface area contributed by atoms with Crippen LogP contribution < -0.4 is 5.73 Å². The minimum atomic E-state index is 0.542. The van der Waals surface area contributed by atoms with Crippen LogP contribution in [0.2, 0.25) is 5.02 Å². The number of hydrogen-bond acceptors (Lipinski definition) is 2. The van der Waals surface area contributed by atoms with E-state index in [4.69, 9.17) is 17.3 Å². The van der Waals surface area contributed by atoms with E-state index in [9.17, 15) is 0 Å². The van der Waals surface area contributed by atoms with E-state index in [-0.39, 0.29) is 0 Å². The minimum absolute atomic E-state index is 0.542. The van der Waals surface area contributed by atoms with Gasteiger partial charge in [0.25, 0.3) is 0 Å². The van der Waals surface area contributed by atoms with Crippen molar-refractivity contribution < 1.29 is 0 Å². The molecule has 0 saturated heterocycles. The molecular weight excluding hydrogens is 208 g/mol. The number of hydrogen-bond donors (Lipinski definition) is 1. The second kappa shape index (κ2) is 4.84. The van der Waals surface area contributed by atoms with Crippen molar-refractivity contribution >= 4 is 17.3 Å². The van der Waals surface area contributed by atoms with E-state index in [2.05, 4.69) is 4.98 Å². The van der Waals surface area contributed by atoms with E-state index in [0.717, 1.165) is 10.7 Å². The second-order valence-corrected chi connectivity index (χ2v) is 4.73. The van der Waals surface area contributed by atoms with Gasteiger partial charge in [0.1, 0.15) is 0 Å². The Balaban J connectivity index is 2.19. The molecule has 1 aromatic heterocycles. The molecule has 2 N–H and O–H groups in total. The van der Waals surface area contributed by atoms with Crippen molar-refractivity contribution in [3.05, 3.63) is 23.0 Å². The van der Waals surface area contributed by atoms with Gasteiger partial charge in [-0.1, -0.05) is 37.3 Å². The maximum Gasteiger partial charge on any atom is 0.0644 e. The summed E-state index contributed by atoms with van der Waals surface area (Å²) in [4.78, 5) is 4.39. The number of nitrogen functional groups attached to an aromatic ring is 1. The molecular formula is C12H17ClN2. The largest absolute Gasteiger partial charge is 0.397 e. The first-order valence-electron chi connectivity index (χ1n) is 5.68. The second-order valence-electron chi connectivity index (χ2n) is 4.32. The Morgan fingerprint density at radius 2 is 1.87 bits per heavy atom. The lowest BCUT2D eigenvalue weighted by atomic mass is 9.96. The third-order valence-electron chi connectivity index (χ3n) is 3.13. The van der Waals surface area contributed by atoms with Crippen LogP contribution in [-0.4, -0.2) is 4.98 Å². The van der Waals surface area contributed by atoms with Crippen molar-refractivity contribution in [3.63, 3.8) is 0 Å². The fourth-order valence-electron chi connectivity index (χ4n) is 2.32. The maximum atomic E-state index is 6.17. The average molecular weight is 225 g/mol. The summed E-state index contributed by atoms with van der Waals surface area (Å²) in [6.07, 6.45) is 9.45. The molecule has 0 radical (unpaired) electrons. The third-order valence-corrected chi connectivity index (χ3v) is 3.44. The van der Waals surface area contributed by atoms with Crippen molar-refractivity contribution in [1.29, 1.82) is 0 Å². The van der Waals surface area contributed by atoms with Crippen LogP contribution in [0.4, 0.5) is 5.69 Å². The molecule has 1 fully saturated rings. The quantitative estimate of drug-likeness (QED) is 0.738. The predicted octanol–water partition coefficient (Wildman–Crippen LogP) is 3.76. The molecule has 1 aromatic rings. The van der Waals surface area contributed by atoms with E-state index in [0.29, 0.717) is 11.6 Å². The topological polar surface area (TPSA) is 38.9 Å². The smallest absolute Gasteiger partial charge is 0.0644 e. The Bertz CT molecular complexity index is 330. The number of nitrogens with two attached hydrogens (primary N) is 1. The lowest BCUT2D eigenvalue weighted by Gasteiger charge is -2.14. The molecule has 1 aliphatic rings. The Morgan fingerprint density at radius 3 is 2.47 bits per heavy atom. The van der Waals surface area contributed by atoms with Crippen LogP contribution in [0.15, 0.2) is 12.3 Å². The van der Waals surface area contributed by atoms with E-state index in [1.54, 1.807) is 6.20 Å². The van der Waals surface area contributed by atoms with E-state index in [1.807, 2.05) is 6.07 Å². The summed E-state index contributed by atoms with van der Waals surface area (Å²) in [7, 11) is 0. The minimum Gasteiger partial charge on any atom is -0.397 e. The molecule has 15 heavy (non-hydrogen) atoms. The summed E-state index contributed by atoms with van der Waals surface area (Å²) >= 11 is 6.17. The van der Waals surface area contributed by atoms with Gasteiger partial charge in [-0.15, -0.1) is 0 Å². The van der Waals surface area contributed by atoms with Crippen molar-refractivity contribution in [2.24, 2.45) is 0 Å². The van der Waals surface area contributed by atoms with Gasteiger partial charge in [0.15, 0.2) is 0 Å². The lowest BCUT2D eigenvalue weighted by Crippen LogP contribution is -2.02. The van der Waals surface area contributed by atoms with Crippen LogP contribution in [0.25, 0.3) is 0 Å². The highest BCUT2D eigenvalue weighted by Gasteiger charge is 2.18. The number of nitrogens with zero attached hydrogens (tertiary/aromatic N) is 1. The van der Waals surface area contributed by atoms with Gasteiger partial charge in [-0.2, -0.15) is 0 Å². The zero-order valence-electron chi connectivity index (χ0n) is 8.88. The van der Waals surface area contributed by atoms with Gasteiger partial charge >= 0.3 is 0 Å². The molecule has 0 unspecified atom stereocenters. The number of anilines is 1. The summed E-state index contributed by atoms with van der Waals surface area (Å²) in [5.41, 5.74) is 7.34. The summed E-state index contributed by atoms with van der Waals surface area (Å²) in [6.45, 7) is 0. The zero-order valence-corrected chi connectivity index (χ0v) is 9.63. The van der Waals surface area contributed by atoms with E-state index in [1.165, 1.54) is 38.5 Å². The molecule has 0 aliphatic heterocycles. The molecule has 0 amide bonds. The Morgan fingerprint density at radius 1 is 1.20 bits per heavy atom. The fourth-order valence-corrected chi connectivity index (χ4v) is 2.65. The zero-order chi connectivity index (χ0) is 10.7. The molecule has 0 atom stereocenters. The van der Waals surface area contributed by atoms with Crippen LogP contribution in [0.1, 0.15) is 50.1 Å². The van der Waals surface area contributed by atoms with Crippen LogP contribution >= 0.6 is 11.6 Å². The van der Waals surface area contributed by atoms with Crippen LogP contribution in [0.5, 0.6) is 0 Å². The predicted molar refractivity (Wildman–Crippen MR) is 64.1 cm³/mol. The van der Waals surface area contributed by atoms with Crippen molar-refractivity contribution in [1.82, 2.24) is 4.98 Å².